The zero-order chi connectivity index (χ0) is 13.1. The second kappa shape index (κ2) is 5.78. The van der Waals surface area contributed by atoms with Crippen LogP contribution in [-0.4, -0.2) is 31.5 Å². The topological polar surface area (TPSA) is 50.7 Å². The predicted molar refractivity (Wildman–Crippen MR) is 70.4 cm³/mol. The molecule has 0 aromatic heterocycles. The number of aliphatic hydroxyl groups is 1. The molecule has 0 radical (unpaired) electrons. The maximum absolute atomic E-state index is 9.22. The van der Waals surface area contributed by atoms with Gasteiger partial charge in [0.15, 0.2) is 11.5 Å². The van der Waals surface area contributed by atoms with Crippen LogP contribution in [-0.2, 0) is 6.54 Å². The van der Waals surface area contributed by atoms with Crippen molar-refractivity contribution in [2.45, 2.75) is 31.5 Å². The number of nitrogens with one attached hydrogen (secondary N) is 1. The van der Waals surface area contributed by atoms with Crippen molar-refractivity contribution in [1.82, 2.24) is 5.32 Å². The molecule has 1 aliphatic carbocycles. The molecule has 1 aliphatic rings. The molecule has 0 heterocycles. The van der Waals surface area contributed by atoms with E-state index >= 15 is 0 Å². The fraction of sp³-hybridized carbons (Fsp3) is 0.538. The number of methoxy groups -OCH3 is 2. The standard InChI is InChI=1S/C13H18ClNO3/c1-17-11-4-3-8(12(14)13(11)18-2)7-15-9-5-10(16)6-9/h3-4,9-10,15-16H,5-7H2,1-2H3. The molecule has 2 rings (SSSR count). The Balaban J connectivity index is 2.04. The quantitative estimate of drug-likeness (QED) is 0.860. The lowest BCUT2D eigenvalue weighted by atomic mass is 9.89. The first-order chi connectivity index (χ1) is 8.65. The number of aliphatic hydroxyl groups excluding tert-OH is 1. The summed E-state index contributed by atoms with van der Waals surface area (Å²) in [4.78, 5) is 0. The van der Waals surface area contributed by atoms with Gasteiger partial charge in [0, 0.05) is 12.6 Å². The summed E-state index contributed by atoms with van der Waals surface area (Å²) in [7, 11) is 3.16. The fourth-order valence-corrected chi connectivity index (χ4v) is 2.38. The summed E-state index contributed by atoms with van der Waals surface area (Å²) in [5.41, 5.74) is 0.968. The highest BCUT2D eigenvalue weighted by atomic mass is 35.5. The van der Waals surface area contributed by atoms with Gasteiger partial charge in [-0.1, -0.05) is 17.7 Å². The zero-order valence-corrected chi connectivity index (χ0v) is 11.3. The highest BCUT2D eigenvalue weighted by Gasteiger charge is 2.26. The van der Waals surface area contributed by atoms with Crippen LogP contribution in [0.2, 0.25) is 5.02 Å². The van der Waals surface area contributed by atoms with Crippen LogP contribution in [0.1, 0.15) is 18.4 Å². The van der Waals surface area contributed by atoms with E-state index in [1.54, 1.807) is 14.2 Å². The highest BCUT2D eigenvalue weighted by molar-refractivity contribution is 6.33. The Bertz CT molecular complexity index is 419. The zero-order valence-electron chi connectivity index (χ0n) is 10.6. The third-order valence-electron chi connectivity index (χ3n) is 3.26. The summed E-state index contributed by atoms with van der Waals surface area (Å²) in [6.07, 6.45) is 1.47. The van der Waals surface area contributed by atoms with Crippen molar-refractivity contribution in [3.8, 4) is 11.5 Å². The van der Waals surface area contributed by atoms with Crippen LogP contribution in [0.4, 0.5) is 0 Å². The summed E-state index contributed by atoms with van der Waals surface area (Å²) >= 11 is 6.27. The summed E-state index contributed by atoms with van der Waals surface area (Å²) in [5, 5.41) is 13.1. The highest BCUT2D eigenvalue weighted by Crippen LogP contribution is 2.37. The van der Waals surface area contributed by atoms with Crippen molar-refractivity contribution in [3.05, 3.63) is 22.7 Å². The van der Waals surface area contributed by atoms with Crippen molar-refractivity contribution >= 4 is 11.6 Å². The van der Waals surface area contributed by atoms with E-state index in [-0.39, 0.29) is 6.10 Å². The molecule has 0 saturated heterocycles. The van der Waals surface area contributed by atoms with Gasteiger partial charge >= 0.3 is 0 Å². The first-order valence-corrected chi connectivity index (χ1v) is 6.34. The molecule has 0 amide bonds. The second-order valence-corrected chi connectivity index (χ2v) is 4.86. The number of hydrogen-bond donors (Lipinski definition) is 2. The third kappa shape index (κ3) is 2.71. The normalized spacial score (nSPS) is 22.4. The van der Waals surface area contributed by atoms with Gasteiger partial charge < -0.3 is 19.9 Å². The molecule has 4 nitrogen and oxygen atoms in total. The molecule has 1 aromatic carbocycles. The molecule has 1 aromatic rings. The van der Waals surface area contributed by atoms with Crippen LogP contribution < -0.4 is 14.8 Å². The molecule has 0 atom stereocenters. The summed E-state index contributed by atoms with van der Waals surface area (Å²) in [6, 6.07) is 4.15. The third-order valence-corrected chi connectivity index (χ3v) is 3.67. The molecule has 100 valence electrons. The average molecular weight is 272 g/mol. The number of halogens is 1. The number of ether oxygens (including phenoxy) is 2. The van der Waals surface area contributed by atoms with E-state index in [2.05, 4.69) is 5.32 Å². The lowest BCUT2D eigenvalue weighted by Crippen LogP contribution is -2.43. The maximum atomic E-state index is 9.22. The lowest BCUT2D eigenvalue weighted by molar-refractivity contribution is 0.0619. The van der Waals surface area contributed by atoms with E-state index in [1.807, 2.05) is 12.1 Å². The number of hydrogen-bond acceptors (Lipinski definition) is 4. The molecule has 1 saturated carbocycles. The molecule has 2 N–H and O–H groups in total. The van der Waals surface area contributed by atoms with Gasteiger partial charge in [-0.05, 0) is 24.5 Å². The van der Waals surface area contributed by atoms with Gasteiger partial charge in [0.1, 0.15) is 0 Å². The summed E-state index contributed by atoms with van der Waals surface area (Å²) in [5.74, 6) is 1.19. The Morgan fingerprint density at radius 1 is 1.33 bits per heavy atom. The van der Waals surface area contributed by atoms with E-state index in [9.17, 15) is 5.11 Å². The van der Waals surface area contributed by atoms with Crippen molar-refractivity contribution in [2.75, 3.05) is 14.2 Å². The second-order valence-electron chi connectivity index (χ2n) is 4.48. The van der Waals surface area contributed by atoms with E-state index in [4.69, 9.17) is 21.1 Å². The molecule has 0 bridgehead atoms. The maximum Gasteiger partial charge on any atom is 0.179 e. The van der Waals surface area contributed by atoms with Gasteiger partial charge in [0.2, 0.25) is 0 Å². The van der Waals surface area contributed by atoms with Crippen molar-refractivity contribution in [1.29, 1.82) is 0 Å². The monoisotopic (exact) mass is 271 g/mol. The van der Waals surface area contributed by atoms with Gasteiger partial charge in [0.05, 0.1) is 25.3 Å². The predicted octanol–water partition coefficient (Wildman–Crippen LogP) is 1.97. The first-order valence-electron chi connectivity index (χ1n) is 5.96. The van der Waals surface area contributed by atoms with Gasteiger partial charge in [-0.15, -0.1) is 0 Å². The van der Waals surface area contributed by atoms with Crippen LogP contribution in [0.5, 0.6) is 11.5 Å². The minimum Gasteiger partial charge on any atom is -0.493 e. The largest absolute Gasteiger partial charge is 0.493 e. The number of benzene rings is 1. The Morgan fingerprint density at radius 2 is 2.06 bits per heavy atom. The summed E-state index contributed by atoms with van der Waals surface area (Å²) in [6.45, 7) is 0.663. The van der Waals surface area contributed by atoms with E-state index in [1.165, 1.54) is 0 Å². The van der Waals surface area contributed by atoms with E-state index in [0.29, 0.717) is 29.1 Å². The van der Waals surface area contributed by atoms with Crippen LogP contribution in [0, 0.1) is 0 Å². The van der Waals surface area contributed by atoms with Gasteiger partial charge in [-0.3, -0.25) is 0 Å². The van der Waals surface area contributed by atoms with Crippen molar-refractivity contribution < 1.29 is 14.6 Å². The molecular weight excluding hydrogens is 254 g/mol. The van der Waals surface area contributed by atoms with Crippen LogP contribution in [0.15, 0.2) is 12.1 Å². The minimum atomic E-state index is -0.150. The molecule has 18 heavy (non-hydrogen) atoms. The molecule has 0 spiro atoms. The smallest absolute Gasteiger partial charge is 0.179 e. The number of rotatable bonds is 5. The van der Waals surface area contributed by atoms with Gasteiger partial charge in [0.25, 0.3) is 0 Å². The summed E-state index contributed by atoms with van der Waals surface area (Å²) < 4.78 is 10.4. The molecule has 1 fully saturated rings. The fourth-order valence-electron chi connectivity index (χ4n) is 2.08. The van der Waals surface area contributed by atoms with Crippen LogP contribution in [0.3, 0.4) is 0 Å². The Morgan fingerprint density at radius 3 is 2.61 bits per heavy atom. The molecule has 0 unspecified atom stereocenters. The van der Waals surface area contributed by atoms with Crippen molar-refractivity contribution in [3.63, 3.8) is 0 Å². The Kier molecular flexibility index (Phi) is 4.32. The van der Waals surface area contributed by atoms with Crippen LogP contribution in [0.25, 0.3) is 0 Å². The van der Waals surface area contributed by atoms with Gasteiger partial charge in [-0.25, -0.2) is 0 Å². The first kappa shape index (κ1) is 13.5. The van der Waals surface area contributed by atoms with E-state index in [0.717, 1.165) is 18.4 Å². The van der Waals surface area contributed by atoms with E-state index < -0.39 is 0 Å². The lowest BCUT2D eigenvalue weighted by Gasteiger charge is -2.32. The van der Waals surface area contributed by atoms with Crippen LogP contribution >= 0.6 is 11.6 Å². The SMILES string of the molecule is COc1ccc(CNC2CC(O)C2)c(Cl)c1OC. The molecule has 5 heteroatoms. The minimum absolute atomic E-state index is 0.150. The Labute approximate surface area is 112 Å². The van der Waals surface area contributed by atoms with Crippen molar-refractivity contribution in [2.24, 2.45) is 0 Å². The molecular formula is C13H18ClNO3. The molecule has 0 aliphatic heterocycles. The average Bonchev–Trinajstić information content (AvgIpc) is 2.34. The Hall–Kier alpha value is -0.970. The van der Waals surface area contributed by atoms with Gasteiger partial charge in [-0.2, -0.15) is 0 Å².